The maximum atomic E-state index is 14.5. The van der Waals surface area contributed by atoms with Crippen molar-refractivity contribution in [1.82, 2.24) is 10.6 Å². The van der Waals surface area contributed by atoms with Crippen LogP contribution in [0.3, 0.4) is 0 Å². The van der Waals surface area contributed by atoms with Gasteiger partial charge in [0.2, 0.25) is 11.8 Å². The molecule has 0 spiro atoms. The third-order valence-corrected chi connectivity index (χ3v) is 12.9. The number of ether oxygens (including phenoxy) is 1. The van der Waals surface area contributed by atoms with Crippen LogP contribution in [0, 0.1) is 23.2 Å². The normalized spacial score (nSPS) is 25.2. The summed E-state index contributed by atoms with van der Waals surface area (Å²) in [6, 6.07) is 34.7. The van der Waals surface area contributed by atoms with E-state index in [0.717, 1.165) is 53.0 Å². The molecule has 4 fully saturated rings. The van der Waals surface area contributed by atoms with Crippen molar-refractivity contribution in [2.24, 2.45) is 23.2 Å². The lowest BCUT2D eigenvalue weighted by Gasteiger charge is -2.65. The standard InChI is InChI=1S/C48H60BN3O5/c1-32(2)25-42(49-56-47(6)30-36-28-46(5,29-36)48(47,7)57-49)51-45(54)43(33(3)4)52-44(53)41(50-39-20-14-19-38(27-39)37-17-12-9-13-18-37)26-34-21-23-40(24-22-34)55-31-35-15-10-8-11-16-35/h8-24,27,32-33,36,41-43,50H,25-26,28-31H2,1-7H3,(H,51,54)(H,52,53)/t36?,41?,42-,43?,46?,47+,48-/m0/s1. The van der Waals surface area contributed by atoms with E-state index < -0.39 is 30.4 Å². The molecule has 9 heteroatoms. The molecule has 3 aliphatic carbocycles. The maximum Gasteiger partial charge on any atom is 0.481 e. The van der Waals surface area contributed by atoms with Crippen LogP contribution in [0.2, 0.25) is 0 Å². The summed E-state index contributed by atoms with van der Waals surface area (Å²) in [5.74, 6) is 0.661. The molecule has 5 atom stereocenters. The van der Waals surface area contributed by atoms with Gasteiger partial charge in [0.05, 0.1) is 17.1 Å². The Morgan fingerprint density at radius 1 is 0.754 bits per heavy atom. The fraction of sp³-hybridized carbons (Fsp3) is 0.458. The molecule has 2 amide bonds. The van der Waals surface area contributed by atoms with Gasteiger partial charge in [-0.05, 0) is 109 Å². The van der Waals surface area contributed by atoms with Crippen LogP contribution >= 0.6 is 0 Å². The van der Waals surface area contributed by atoms with Crippen LogP contribution in [0.1, 0.15) is 85.3 Å². The summed E-state index contributed by atoms with van der Waals surface area (Å²) in [7, 11) is -0.572. The number of hydrogen-bond acceptors (Lipinski definition) is 6. The SMILES string of the molecule is CC(C)C[C@H](NC(=O)C(NC(=O)C(Cc1ccc(OCc2ccccc2)cc1)Nc1cccc(-c2ccccc2)c1)C(C)C)B1O[C@]2(C)CC3CC(C)(C3)[C@]2(C)O1. The number of amides is 2. The molecule has 3 N–H and O–H groups in total. The molecular formula is C48H60BN3O5. The molecule has 2 bridgehead atoms. The van der Waals surface area contributed by atoms with Crippen LogP contribution in [0.5, 0.6) is 5.75 Å². The van der Waals surface area contributed by atoms with Crippen LogP contribution in [-0.2, 0) is 31.9 Å². The van der Waals surface area contributed by atoms with Gasteiger partial charge in [-0.25, -0.2) is 0 Å². The van der Waals surface area contributed by atoms with E-state index in [1.807, 2.05) is 98.8 Å². The fourth-order valence-electron chi connectivity index (χ4n) is 9.57. The lowest BCUT2D eigenvalue weighted by molar-refractivity contribution is -0.218. The minimum absolute atomic E-state index is 0.0539. The predicted molar refractivity (Wildman–Crippen MR) is 229 cm³/mol. The minimum Gasteiger partial charge on any atom is -0.489 e. The molecule has 0 radical (unpaired) electrons. The molecule has 57 heavy (non-hydrogen) atoms. The van der Waals surface area contributed by atoms with Gasteiger partial charge in [-0.3, -0.25) is 9.59 Å². The van der Waals surface area contributed by atoms with Crippen LogP contribution in [0.15, 0.2) is 109 Å². The number of carbonyl (C=O) groups is 2. The summed E-state index contributed by atoms with van der Waals surface area (Å²) >= 11 is 0. The predicted octanol–water partition coefficient (Wildman–Crippen LogP) is 9.04. The van der Waals surface area contributed by atoms with Crippen molar-refractivity contribution in [2.45, 2.75) is 116 Å². The maximum absolute atomic E-state index is 14.5. The van der Waals surface area contributed by atoms with Crippen LogP contribution in [0.4, 0.5) is 5.69 Å². The molecular weight excluding hydrogens is 709 g/mol. The van der Waals surface area contributed by atoms with Crippen molar-refractivity contribution < 1.29 is 23.6 Å². The molecule has 0 aromatic heterocycles. The second kappa shape index (κ2) is 16.7. The van der Waals surface area contributed by atoms with E-state index in [9.17, 15) is 9.59 Å². The largest absolute Gasteiger partial charge is 0.489 e. The van der Waals surface area contributed by atoms with Crippen molar-refractivity contribution in [3.63, 3.8) is 0 Å². The molecule has 4 aliphatic rings. The summed E-state index contributed by atoms with van der Waals surface area (Å²) < 4.78 is 19.8. The number of rotatable bonds is 16. The van der Waals surface area contributed by atoms with Gasteiger partial charge in [-0.1, -0.05) is 120 Å². The Balaban J connectivity index is 1.08. The summed E-state index contributed by atoms with van der Waals surface area (Å²) in [6.45, 7) is 15.4. The minimum atomic E-state index is -0.777. The first-order valence-corrected chi connectivity index (χ1v) is 20.9. The van der Waals surface area contributed by atoms with Crippen molar-refractivity contribution in [3.05, 3.63) is 120 Å². The first-order valence-electron chi connectivity index (χ1n) is 20.9. The van der Waals surface area contributed by atoms with Gasteiger partial charge in [-0.15, -0.1) is 0 Å². The van der Waals surface area contributed by atoms with Gasteiger partial charge in [-0.2, -0.15) is 0 Å². The van der Waals surface area contributed by atoms with Crippen LogP contribution in [0.25, 0.3) is 11.1 Å². The van der Waals surface area contributed by atoms with Gasteiger partial charge in [0.15, 0.2) is 0 Å². The number of carbonyl (C=O) groups excluding carboxylic acids is 2. The Labute approximate surface area is 340 Å². The van der Waals surface area contributed by atoms with E-state index in [1.165, 1.54) is 0 Å². The molecule has 4 aromatic carbocycles. The number of benzene rings is 4. The number of nitrogens with one attached hydrogen (secondary N) is 3. The first kappa shape index (κ1) is 40.6. The summed E-state index contributed by atoms with van der Waals surface area (Å²) in [5, 5.41) is 10.0. The van der Waals surface area contributed by atoms with Crippen molar-refractivity contribution in [2.75, 3.05) is 5.32 Å². The highest BCUT2D eigenvalue weighted by Crippen LogP contribution is 2.68. The van der Waals surface area contributed by atoms with E-state index in [2.05, 4.69) is 74.8 Å². The van der Waals surface area contributed by atoms with Gasteiger partial charge < -0.3 is 30.0 Å². The average Bonchev–Trinajstić information content (AvgIpc) is 3.48. The fourth-order valence-corrected chi connectivity index (χ4v) is 9.57. The molecule has 3 saturated carbocycles. The van der Waals surface area contributed by atoms with Crippen LogP contribution < -0.4 is 20.7 Å². The third-order valence-electron chi connectivity index (χ3n) is 12.9. The molecule has 4 aromatic rings. The summed E-state index contributed by atoms with van der Waals surface area (Å²) in [6.07, 6.45) is 4.35. The molecule has 1 aliphatic heterocycles. The number of anilines is 1. The Bertz CT molecular complexity index is 1990. The van der Waals surface area contributed by atoms with Crippen LogP contribution in [-0.4, -0.2) is 48.2 Å². The second-order valence-electron chi connectivity index (χ2n) is 18.1. The summed E-state index contributed by atoms with van der Waals surface area (Å²) in [4.78, 5) is 28.8. The zero-order valence-corrected chi connectivity index (χ0v) is 34.7. The van der Waals surface area contributed by atoms with Gasteiger partial charge in [0.1, 0.15) is 24.4 Å². The Morgan fingerprint density at radius 2 is 1.42 bits per heavy atom. The molecule has 300 valence electrons. The lowest BCUT2D eigenvalue weighted by atomic mass is 9.44. The highest BCUT2D eigenvalue weighted by molar-refractivity contribution is 6.48. The average molecular weight is 770 g/mol. The first-order chi connectivity index (χ1) is 27.2. The zero-order valence-electron chi connectivity index (χ0n) is 34.7. The smallest absolute Gasteiger partial charge is 0.481 e. The van der Waals surface area contributed by atoms with Crippen molar-refractivity contribution >= 4 is 24.6 Å². The van der Waals surface area contributed by atoms with E-state index in [-0.39, 0.29) is 35.0 Å². The molecule has 2 unspecified atom stereocenters. The van der Waals surface area contributed by atoms with Gasteiger partial charge in [0, 0.05) is 12.1 Å². The van der Waals surface area contributed by atoms with Gasteiger partial charge >= 0.3 is 7.12 Å². The highest BCUT2D eigenvalue weighted by atomic mass is 16.7. The second-order valence-corrected chi connectivity index (χ2v) is 18.1. The Hall–Kier alpha value is -4.60. The van der Waals surface area contributed by atoms with Crippen molar-refractivity contribution in [3.8, 4) is 16.9 Å². The molecule has 1 heterocycles. The quantitative estimate of drug-likeness (QED) is 0.0985. The van der Waals surface area contributed by atoms with Gasteiger partial charge in [0.25, 0.3) is 0 Å². The van der Waals surface area contributed by atoms with E-state index in [0.29, 0.717) is 25.4 Å². The summed E-state index contributed by atoms with van der Waals surface area (Å²) in [5.41, 5.74) is 4.20. The van der Waals surface area contributed by atoms with E-state index in [1.54, 1.807) is 0 Å². The third kappa shape index (κ3) is 8.80. The topological polar surface area (TPSA) is 97.9 Å². The monoisotopic (exact) mass is 769 g/mol. The van der Waals surface area contributed by atoms with E-state index in [4.69, 9.17) is 14.0 Å². The highest BCUT2D eigenvalue weighted by Gasteiger charge is 2.72. The van der Waals surface area contributed by atoms with Crippen molar-refractivity contribution in [1.29, 1.82) is 0 Å². The number of hydrogen-bond donors (Lipinski definition) is 3. The molecule has 8 nitrogen and oxygen atoms in total. The molecule has 8 rings (SSSR count). The lowest BCUT2D eigenvalue weighted by Crippen LogP contribution is -2.68. The Morgan fingerprint density at radius 3 is 2.07 bits per heavy atom. The zero-order chi connectivity index (χ0) is 40.4. The molecule has 1 saturated heterocycles. The van der Waals surface area contributed by atoms with E-state index >= 15 is 0 Å². The Kier molecular flexibility index (Phi) is 11.9.